The Morgan fingerprint density at radius 1 is 1.20 bits per heavy atom. The minimum atomic E-state index is 0.652. The molecule has 0 aliphatic rings. The Morgan fingerprint density at radius 3 is 2.40 bits per heavy atom. The van der Waals surface area contributed by atoms with E-state index in [-0.39, 0.29) is 0 Å². The SMILES string of the molecule is CC(C)CN(CCN(C)C)c1ccc(CCN)c(Br)c1. The molecule has 0 fully saturated rings. The van der Waals surface area contributed by atoms with Crippen molar-refractivity contribution in [3.8, 4) is 0 Å². The molecule has 0 heterocycles. The number of anilines is 1. The van der Waals surface area contributed by atoms with Crippen LogP contribution in [0, 0.1) is 5.92 Å². The predicted octanol–water partition coefficient (Wildman–Crippen LogP) is 2.97. The van der Waals surface area contributed by atoms with Crippen molar-refractivity contribution in [2.75, 3.05) is 45.2 Å². The monoisotopic (exact) mass is 341 g/mol. The first kappa shape index (κ1) is 17.5. The number of nitrogens with zero attached hydrogens (tertiary/aromatic N) is 2. The van der Waals surface area contributed by atoms with Crippen LogP contribution in [0.25, 0.3) is 0 Å². The van der Waals surface area contributed by atoms with Gasteiger partial charge in [-0.3, -0.25) is 0 Å². The van der Waals surface area contributed by atoms with E-state index in [1.807, 2.05) is 0 Å². The van der Waals surface area contributed by atoms with Crippen LogP contribution in [-0.2, 0) is 6.42 Å². The van der Waals surface area contributed by atoms with E-state index in [1.165, 1.54) is 15.7 Å². The van der Waals surface area contributed by atoms with Crippen molar-refractivity contribution >= 4 is 21.6 Å². The van der Waals surface area contributed by atoms with Crippen LogP contribution in [0.5, 0.6) is 0 Å². The van der Waals surface area contributed by atoms with Crippen molar-refractivity contribution < 1.29 is 0 Å². The molecule has 1 aromatic rings. The van der Waals surface area contributed by atoms with Crippen molar-refractivity contribution in [1.82, 2.24) is 4.90 Å². The summed E-state index contributed by atoms with van der Waals surface area (Å²) in [6.07, 6.45) is 0.919. The fourth-order valence-corrected chi connectivity index (χ4v) is 2.74. The zero-order valence-corrected chi connectivity index (χ0v) is 14.8. The summed E-state index contributed by atoms with van der Waals surface area (Å²) < 4.78 is 1.17. The van der Waals surface area contributed by atoms with Gasteiger partial charge in [0.05, 0.1) is 0 Å². The first-order valence-electron chi connectivity index (χ1n) is 7.32. The van der Waals surface area contributed by atoms with Gasteiger partial charge < -0.3 is 15.5 Å². The third-order valence-electron chi connectivity index (χ3n) is 3.22. The lowest BCUT2D eigenvalue weighted by Gasteiger charge is -2.28. The van der Waals surface area contributed by atoms with E-state index < -0.39 is 0 Å². The van der Waals surface area contributed by atoms with Gasteiger partial charge in [0.25, 0.3) is 0 Å². The fraction of sp³-hybridized carbons (Fsp3) is 0.625. The highest BCUT2D eigenvalue weighted by atomic mass is 79.9. The number of hydrogen-bond acceptors (Lipinski definition) is 3. The van der Waals surface area contributed by atoms with Crippen LogP contribution in [0.2, 0.25) is 0 Å². The van der Waals surface area contributed by atoms with Crippen LogP contribution in [0.1, 0.15) is 19.4 Å². The van der Waals surface area contributed by atoms with Gasteiger partial charge in [-0.25, -0.2) is 0 Å². The maximum atomic E-state index is 5.64. The molecule has 0 aliphatic heterocycles. The maximum absolute atomic E-state index is 5.64. The van der Waals surface area contributed by atoms with E-state index in [2.05, 4.69) is 71.9 Å². The summed E-state index contributed by atoms with van der Waals surface area (Å²) in [5.41, 5.74) is 8.21. The lowest BCUT2D eigenvalue weighted by atomic mass is 10.1. The molecular formula is C16H28BrN3. The topological polar surface area (TPSA) is 32.5 Å². The summed E-state index contributed by atoms with van der Waals surface area (Å²) in [7, 11) is 4.24. The third kappa shape index (κ3) is 5.81. The largest absolute Gasteiger partial charge is 0.370 e. The molecule has 1 rings (SSSR count). The van der Waals surface area contributed by atoms with Crippen molar-refractivity contribution in [2.45, 2.75) is 20.3 Å². The second-order valence-electron chi connectivity index (χ2n) is 5.96. The van der Waals surface area contributed by atoms with Gasteiger partial charge in [0, 0.05) is 29.8 Å². The van der Waals surface area contributed by atoms with Crippen LogP contribution in [0.4, 0.5) is 5.69 Å². The quantitative estimate of drug-likeness (QED) is 0.788. The van der Waals surface area contributed by atoms with Crippen molar-refractivity contribution in [3.63, 3.8) is 0 Å². The predicted molar refractivity (Wildman–Crippen MR) is 92.5 cm³/mol. The molecule has 1 aromatic carbocycles. The number of halogens is 1. The van der Waals surface area contributed by atoms with Gasteiger partial charge in [-0.2, -0.15) is 0 Å². The Balaban J connectivity index is 2.86. The van der Waals surface area contributed by atoms with E-state index in [1.54, 1.807) is 0 Å². The van der Waals surface area contributed by atoms with Crippen LogP contribution >= 0.6 is 15.9 Å². The summed E-state index contributed by atoms with van der Waals surface area (Å²) in [6.45, 7) is 8.41. The van der Waals surface area contributed by atoms with Gasteiger partial charge in [0.2, 0.25) is 0 Å². The number of nitrogens with two attached hydrogens (primary N) is 1. The summed E-state index contributed by atoms with van der Waals surface area (Å²) in [5.74, 6) is 0.652. The molecule has 0 aliphatic carbocycles. The Hall–Kier alpha value is -0.580. The molecule has 0 bridgehead atoms. The second-order valence-corrected chi connectivity index (χ2v) is 6.81. The van der Waals surface area contributed by atoms with Crippen molar-refractivity contribution in [2.24, 2.45) is 11.7 Å². The van der Waals surface area contributed by atoms with Gasteiger partial charge in [-0.15, -0.1) is 0 Å². The van der Waals surface area contributed by atoms with Crippen LogP contribution in [0.15, 0.2) is 22.7 Å². The third-order valence-corrected chi connectivity index (χ3v) is 3.96. The molecule has 2 N–H and O–H groups in total. The normalized spacial score (nSPS) is 11.4. The van der Waals surface area contributed by atoms with E-state index in [9.17, 15) is 0 Å². The highest BCUT2D eigenvalue weighted by Gasteiger charge is 2.11. The minimum absolute atomic E-state index is 0.652. The Labute approximate surface area is 132 Å². The molecule has 0 radical (unpaired) electrons. The number of hydrogen-bond donors (Lipinski definition) is 1. The van der Waals surface area contributed by atoms with E-state index in [0.29, 0.717) is 12.5 Å². The Morgan fingerprint density at radius 2 is 1.90 bits per heavy atom. The summed E-state index contributed by atoms with van der Waals surface area (Å²) >= 11 is 3.67. The molecule has 0 saturated carbocycles. The summed E-state index contributed by atoms with van der Waals surface area (Å²) in [6, 6.07) is 6.63. The van der Waals surface area contributed by atoms with Crippen LogP contribution < -0.4 is 10.6 Å². The Bertz CT molecular complexity index is 405. The van der Waals surface area contributed by atoms with Gasteiger partial charge in [0.1, 0.15) is 0 Å². The van der Waals surface area contributed by atoms with Gasteiger partial charge in [0.15, 0.2) is 0 Å². The lowest BCUT2D eigenvalue weighted by molar-refractivity contribution is 0.409. The standard InChI is InChI=1S/C16H28BrN3/c1-13(2)12-20(10-9-19(3)4)15-6-5-14(7-8-18)16(17)11-15/h5-6,11,13H,7-10,12,18H2,1-4H3. The molecular weight excluding hydrogens is 314 g/mol. The number of likely N-dealkylation sites (N-methyl/N-ethyl adjacent to an activating group) is 1. The molecule has 0 unspecified atom stereocenters. The average molecular weight is 342 g/mol. The van der Waals surface area contributed by atoms with E-state index in [4.69, 9.17) is 5.73 Å². The van der Waals surface area contributed by atoms with Crippen LogP contribution in [0.3, 0.4) is 0 Å². The molecule has 4 heteroatoms. The second kappa shape index (κ2) is 8.65. The molecule has 0 saturated heterocycles. The highest BCUT2D eigenvalue weighted by Crippen LogP contribution is 2.25. The fourth-order valence-electron chi connectivity index (χ4n) is 2.18. The number of benzene rings is 1. The highest BCUT2D eigenvalue weighted by molar-refractivity contribution is 9.10. The summed E-state index contributed by atoms with van der Waals surface area (Å²) in [5, 5.41) is 0. The maximum Gasteiger partial charge on any atom is 0.0378 e. The van der Waals surface area contributed by atoms with Crippen molar-refractivity contribution in [3.05, 3.63) is 28.2 Å². The van der Waals surface area contributed by atoms with Gasteiger partial charge in [-0.1, -0.05) is 35.8 Å². The zero-order chi connectivity index (χ0) is 15.1. The van der Waals surface area contributed by atoms with E-state index in [0.717, 1.165) is 26.1 Å². The zero-order valence-electron chi connectivity index (χ0n) is 13.2. The molecule has 3 nitrogen and oxygen atoms in total. The minimum Gasteiger partial charge on any atom is -0.370 e. The van der Waals surface area contributed by atoms with Gasteiger partial charge >= 0.3 is 0 Å². The van der Waals surface area contributed by atoms with Crippen LogP contribution in [-0.4, -0.2) is 45.2 Å². The van der Waals surface area contributed by atoms with Gasteiger partial charge in [-0.05, 0) is 50.7 Å². The van der Waals surface area contributed by atoms with E-state index >= 15 is 0 Å². The smallest absolute Gasteiger partial charge is 0.0378 e. The molecule has 0 aromatic heterocycles. The molecule has 0 amide bonds. The first-order chi connectivity index (χ1) is 9.43. The molecule has 0 spiro atoms. The molecule has 0 atom stereocenters. The Kier molecular flexibility index (Phi) is 7.56. The first-order valence-corrected chi connectivity index (χ1v) is 8.11. The number of rotatable bonds is 8. The van der Waals surface area contributed by atoms with Crippen molar-refractivity contribution in [1.29, 1.82) is 0 Å². The lowest BCUT2D eigenvalue weighted by Crippen LogP contribution is -2.34. The molecule has 20 heavy (non-hydrogen) atoms. The summed E-state index contributed by atoms with van der Waals surface area (Å²) in [4.78, 5) is 4.69. The molecule has 114 valence electrons. The average Bonchev–Trinajstić information content (AvgIpc) is 2.36.